The van der Waals surface area contributed by atoms with Gasteiger partial charge in [-0.25, -0.2) is 0 Å². The van der Waals surface area contributed by atoms with E-state index in [9.17, 15) is 0 Å². The normalized spacial score (nSPS) is 19.0. The minimum Gasteiger partial charge on any atom is -0.0654 e. The molecule has 1 heteroatoms. The molecule has 0 nitrogen and oxygen atoms in total. The van der Waals surface area contributed by atoms with E-state index in [1.807, 2.05) is 0 Å². The topological polar surface area (TPSA) is 0 Å². The molecule has 15 heavy (non-hydrogen) atoms. The maximum Gasteiger partial charge on any atom is 0.0235 e. The molecule has 1 rings (SSSR count). The maximum atomic E-state index is 2.61. The summed E-state index contributed by atoms with van der Waals surface area (Å²) in [4.78, 5) is 0. The third-order valence-electron chi connectivity index (χ3n) is 3.52. The molecular formula is C14H28Si. The summed E-state index contributed by atoms with van der Waals surface area (Å²) in [5.41, 5.74) is 1.06. The van der Waals surface area contributed by atoms with Crippen LogP contribution in [0.4, 0.5) is 0 Å². The average molecular weight is 224 g/mol. The van der Waals surface area contributed by atoms with Gasteiger partial charge in [-0.15, -0.1) is 0 Å². The molecule has 0 amide bonds. The molecular weight excluding hydrogens is 196 g/mol. The van der Waals surface area contributed by atoms with Crippen molar-refractivity contribution >= 4 is 9.52 Å². The first kappa shape index (κ1) is 13.3. The van der Waals surface area contributed by atoms with E-state index in [-0.39, 0.29) is 9.52 Å². The van der Waals surface area contributed by atoms with Crippen LogP contribution in [0, 0.1) is 12.8 Å². The summed E-state index contributed by atoms with van der Waals surface area (Å²) in [6, 6.07) is 1.60. The highest BCUT2D eigenvalue weighted by Crippen LogP contribution is 2.27. The molecule has 1 atom stereocenters. The van der Waals surface area contributed by atoms with Gasteiger partial charge in [0.15, 0.2) is 0 Å². The standard InChI is InChI=1S/C14H28Si/c1-2-3-4-5-6-10-13-15-14-11-8-7-9-12-14/h8,12,14H,2-7,9-11,13,15H2,1H3. The molecule has 88 valence electrons. The van der Waals surface area contributed by atoms with E-state index >= 15 is 0 Å². The second-order valence-corrected chi connectivity index (χ2v) is 7.34. The SMILES string of the molecule is CCCCCCCC[SiH2]C1[CH]CC[CH]C1. The quantitative estimate of drug-likeness (QED) is 0.425. The van der Waals surface area contributed by atoms with E-state index in [1.54, 1.807) is 6.04 Å². The van der Waals surface area contributed by atoms with Crippen molar-refractivity contribution in [3.8, 4) is 0 Å². The summed E-state index contributed by atoms with van der Waals surface area (Å²) in [6.07, 6.45) is 18.1. The highest BCUT2D eigenvalue weighted by Gasteiger charge is 2.13. The average Bonchev–Trinajstić information content (AvgIpc) is 2.29. The molecule has 0 bridgehead atoms. The molecule has 1 unspecified atom stereocenters. The lowest BCUT2D eigenvalue weighted by Gasteiger charge is -2.20. The third kappa shape index (κ3) is 7.16. The molecule has 1 saturated carbocycles. The largest absolute Gasteiger partial charge is 0.0654 e. The Bertz CT molecular complexity index is 127. The van der Waals surface area contributed by atoms with Crippen molar-refractivity contribution in [2.45, 2.75) is 76.3 Å². The van der Waals surface area contributed by atoms with Crippen LogP contribution in [-0.4, -0.2) is 9.52 Å². The van der Waals surface area contributed by atoms with Crippen LogP contribution in [-0.2, 0) is 0 Å². The van der Waals surface area contributed by atoms with Gasteiger partial charge in [0.1, 0.15) is 0 Å². The van der Waals surface area contributed by atoms with Crippen LogP contribution >= 0.6 is 0 Å². The van der Waals surface area contributed by atoms with E-state index < -0.39 is 0 Å². The predicted octanol–water partition coefficient (Wildman–Crippen LogP) is 4.31. The third-order valence-corrected chi connectivity index (χ3v) is 5.84. The van der Waals surface area contributed by atoms with Crippen molar-refractivity contribution in [2.75, 3.05) is 0 Å². The fourth-order valence-electron chi connectivity index (χ4n) is 2.48. The Morgan fingerprint density at radius 1 is 1.07 bits per heavy atom. The zero-order valence-corrected chi connectivity index (χ0v) is 11.9. The van der Waals surface area contributed by atoms with Gasteiger partial charge in [-0.1, -0.05) is 51.5 Å². The van der Waals surface area contributed by atoms with Gasteiger partial charge < -0.3 is 0 Å². The Balaban J connectivity index is 1.79. The van der Waals surface area contributed by atoms with Gasteiger partial charge in [-0.05, 0) is 37.6 Å². The number of hydrogen-bond acceptors (Lipinski definition) is 0. The van der Waals surface area contributed by atoms with Gasteiger partial charge in [-0.2, -0.15) is 0 Å². The van der Waals surface area contributed by atoms with E-state index in [2.05, 4.69) is 19.8 Å². The fraction of sp³-hybridized carbons (Fsp3) is 0.857. The minimum absolute atomic E-state index is 0.239. The number of hydrogen-bond donors (Lipinski definition) is 0. The van der Waals surface area contributed by atoms with Crippen molar-refractivity contribution in [1.82, 2.24) is 0 Å². The molecule has 0 saturated heterocycles. The minimum atomic E-state index is 0.239. The van der Waals surface area contributed by atoms with E-state index in [0.29, 0.717) is 0 Å². The monoisotopic (exact) mass is 224 g/mol. The van der Waals surface area contributed by atoms with Crippen LogP contribution in [0.5, 0.6) is 0 Å². The summed E-state index contributed by atoms with van der Waals surface area (Å²) in [7, 11) is 0.239. The Hall–Kier alpha value is 0.217. The zero-order chi connectivity index (χ0) is 10.8. The van der Waals surface area contributed by atoms with Crippen molar-refractivity contribution < 1.29 is 0 Å². The summed E-state index contributed by atoms with van der Waals surface area (Å²) in [5, 5.41) is 0. The van der Waals surface area contributed by atoms with Gasteiger partial charge in [0.25, 0.3) is 0 Å². The number of rotatable bonds is 8. The van der Waals surface area contributed by atoms with Crippen LogP contribution < -0.4 is 0 Å². The van der Waals surface area contributed by atoms with Gasteiger partial charge in [0.2, 0.25) is 0 Å². The smallest absolute Gasteiger partial charge is 0.0235 e. The van der Waals surface area contributed by atoms with Crippen molar-refractivity contribution in [1.29, 1.82) is 0 Å². The lowest BCUT2D eigenvalue weighted by molar-refractivity contribution is 0.622. The van der Waals surface area contributed by atoms with Crippen molar-refractivity contribution in [2.24, 2.45) is 0 Å². The Labute approximate surface area is 99.1 Å². The zero-order valence-electron chi connectivity index (χ0n) is 10.5. The maximum absolute atomic E-state index is 2.61. The molecule has 1 aliphatic rings. The Morgan fingerprint density at radius 2 is 1.87 bits per heavy atom. The van der Waals surface area contributed by atoms with Crippen LogP contribution in [0.1, 0.15) is 64.7 Å². The molecule has 0 spiro atoms. The molecule has 0 heterocycles. The van der Waals surface area contributed by atoms with Crippen LogP contribution in [0.25, 0.3) is 0 Å². The lowest BCUT2D eigenvalue weighted by Crippen LogP contribution is -2.08. The van der Waals surface area contributed by atoms with E-state index in [4.69, 9.17) is 0 Å². The summed E-state index contributed by atoms with van der Waals surface area (Å²) in [6.45, 7) is 2.29. The molecule has 0 aromatic carbocycles. The van der Waals surface area contributed by atoms with Crippen LogP contribution in [0.2, 0.25) is 11.6 Å². The van der Waals surface area contributed by atoms with Crippen LogP contribution in [0.15, 0.2) is 0 Å². The molecule has 0 aromatic rings. The first-order valence-corrected chi connectivity index (χ1v) is 8.90. The van der Waals surface area contributed by atoms with Gasteiger partial charge >= 0.3 is 0 Å². The summed E-state index contributed by atoms with van der Waals surface area (Å²) in [5.74, 6) is 0. The Morgan fingerprint density at radius 3 is 2.60 bits per heavy atom. The van der Waals surface area contributed by atoms with Gasteiger partial charge in [0, 0.05) is 9.52 Å². The molecule has 0 aromatic heterocycles. The first-order valence-electron chi connectivity index (χ1n) is 7.08. The highest BCUT2D eigenvalue weighted by atomic mass is 28.2. The molecule has 2 radical (unpaired) electrons. The number of unbranched alkanes of at least 4 members (excludes halogenated alkanes) is 5. The molecule has 0 N–H and O–H groups in total. The molecule has 1 aliphatic carbocycles. The van der Waals surface area contributed by atoms with Crippen molar-refractivity contribution in [3.63, 3.8) is 0 Å². The summed E-state index contributed by atoms with van der Waals surface area (Å²) >= 11 is 0. The lowest BCUT2D eigenvalue weighted by atomic mass is 10.0. The first-order chi connectivity index (χ1) is 7.43. The van der Waals surface area contributed by atoms with Gasteiger partial charge in [0.05, 0.1) is 0 Å². The second kappa shape index (κ2) is 9.44. The molecule has 0 aliphatic heterocycles. The van der Waals surface area contributed by atoms with E-state index in [0.717, 1.165) is 5.54 Å². The van der Waals surface area contributed by atoms with Crippen molar-refractivity contribution in [3.05, 3.63) is 12.8 Å². The summed E-state index contributed by atoms with van der Waals surface area (Å²) < 4.78 is 0. The predicted molar refractivity (Wildman–Crippen MR) is 72.9 cm³/mol. The van der Waals surface area contributed by atoms with Gasteiger partial charge in [-0.3, -0.25) is 0 Å². The van der Waals surface area contributed by atoms with Crippen LogP contribution in [0.3, 0.4) is 0 Å². The Kier molecular flexibility index (Phi) is 8.36. The van der Waals surface area contributed by atoms with E-state index in [1.165, 1.54) is 57.8 Å². The molecule has 1 fully saturated rings. The second-order valence-electron chi connectivity index (χ2n) is 5.01. The highest BCUT2D eigenvalue weighted by molar-refractivity contribution is 6.38. The fourth-order valence-corrected chi connectivity index (χ4v) is 4.59.